The van der Waals surface area contributed by atoms with Crippen molar-refractivity contribution in [2.24, 2.45) is 7.05 Å². The number of aromatic nitrogens is 6. The van der Waals surface area contributed by atoms with Crippen molar-refractivity contribution in [2.45, 2.75) is 23.9 Å². The number of pyridine rings is 2. The van der Waals surface area contributed by atoms with E-state index in [1.54, 1.807) is 31.8 Å². The van der Waals surface area contributed by atoms with Gasteiger partial charge in [0, 0.05) is 79.2 Å². The topological polar surface area (TPSA) is 107 Å². The van der Waals surface area contributed by atoms with Gasteiger partial charge in [0.15, 0.2) is 5.65 Å². The maximum absolute atomic E-state index is 12.8. The van der Waals surface area contributed by atoms with Crippen molar-refractivity contribution in [3.05, 3.63) is 61.2 Å². The molecule has 158 valence electrons. The van der Waals surface area contributed by atoms with E-state index in [4.69, 9.17) is 4.98 Å². The van der Waals surface area contributed by atoms with Crippen LogP contribution in [-0.4, -0.2) is 55.3 Å². The summed E-state index contributed by atoms with van der Waals surface area (Å²) in [5, 5.41) is 1.03. The molecule has 0 saturated carbocycles. The highest BCUT2D eigenvalue weighted by atomic mass is 32.2. The largest absolute Gasteiger partial charge is 0.324 e. The standard InChI is InChI=1S/C21H21N7O2S/c1-27-9-6-24-21(27)31(29,30)28-7-4-15(5-8-28)19-3-2-16-10-17(13-25-20(16)26-19)18-11-22-14-23-12-18/h2-3,6,9-15H,4-5,7-8H2,1H3. The number of hydrogen-bond acceptors (Lipinski definition) is 7. The molecule has 10 heteroatoms. The fraction of sp³-hybridized carbons (Fsp3) is 0.286. The van der Waals surface area contributed by atoms with Crippen LogP contribution in [0.5, 0.6) is 0 Å². The van der Waals surface area contributed by atoms with Crippen molar-refractivity contribution in [3.8, 4) is 11.1 Å². The molecule has 0 N–H and O–H groups in total. The SMILES string of the molecule is Cn1ccnc1S(=O)(=O)N1CCC(c2ccc3cc(-c4cncnc4)cnc3n2)CC1. The predicted molar refractivity (Wildman–Crippen MR) is 115 cm³/mol. The van der Waals surface area contributed by atoms with E-state index in [-0.39, 0.29) is 11.1 Å². The molecule has 1 aliphatic rings. The van der Waals surface area contributed by atoms with Crippen LogP contribution < -0.4 is 0 Å². The van der Waals surface area contributed by atoms with Crippen LogP contribution in [0.1, 0.15) is 24.5 Å². The summed E-state index contributed by atoms with van der Waals surface area (Å²) in [6.07, 6.45) is 11.3. The van der Waals surface area contributed by atoms with E-state index >= 15 is 0 Å². The Bertz CT molecular complexity index is 1330. The van der Waals surface area contributed by atoms with Gasteiger partial charge in [0.25, 0.3) is 10.0 Å². The van der Waals surface area contributed by atoms with E-state index in [2.05, 4.69) is 19.9 Å². The minimum Gasteiger partial charge on any atom is -0.324 e. The highest BCUT2D eigenvalue weighted by Crippen LogP contribution is 2.30. The Hall–Kier alpha value is -3.24. The predicted octanol–water partition coefficient (Wildman–Crippen LogP) is 2.39. The van der Waals surface area contributed by atoms with E-state index in [0.29, 0.717) is 31.6 Å². The molecule has 4 aromatic heterocycles. The average molecular weight is 436 g/mol. The van der Waals surface area contributed by atoms with E-state index in [9.17, 15) is 8.42 Å². The van der Waals surface area contributed by atoms with Crippen LogP contribution in [0, 0.1) is 0 Å². The van der Waals surface area contributed by atoms with Gasteiger partial charge in [-0.05, 0) is 31.0 Å². The van der Waals surface area contributed by atoms with Crippen LogP contribution in [0.15, 0.2) is 60.7 Å². The summed E-state index contributed by atoms with van der Waals surface area (Å²) in [6, 6.07) is 6.07. The summed E-state index contributed by atoms with van der Waals surface area (Å²) in [6.45, 7) is 0.889. The average Bonchev–Trinajstić information content (AvgIpc) is 3.26. The molecule has 1 saturated heterocycles. The van der Waals surface area contributed by atoms with Gasteiger partial charge in [0.05, 0.1) is 0 Å². The van der Waals surface area contributed by atoms with Gasteiger partial charge in [-0.25, -0.2) is 33.3 Å². The minimum atomic E-state index is -3.58. The Morgan fingerprint density at radius 3 is 2.48 bits per heavy atom. The molecule has 5 rings (SSSR count). The Balaban J connectivity index is 1.33. The summed E-state index contributed by atoms with van der Waals surface area (Å²) in [4.78, 5) is 21.4. The molecular formula is C21H21N7O2S. The second-order valence-corrected chi connectivity index (χ2v) is 9.46. The third-order valence-corrected chi connectivity index (χ3v) is 7.58. The minimum absolute atomic E-state index is 0.0820. The number of sulfonamides is 1. The number of aryl methyl sites for hydroxylation is 1. The maximum atomic E-state index is 12.8. The number of imidazole rings is 1. The Morgan fingerprint density at radius 1 is 1.00 bits per heavy atom. The zero-order valence-electron chi connectivity index (χ0n) is 17.0. The molecule has 4 aromatic rings. The fourth-order valence-corrected chi connectivity index (χ4v) is 5.51. The van der Waals surface area contributed by atoms with Crippen molar-refractivity contribution in [2.75, 3.05) is 13.1 Å². The van der Waals surface area contributed by atoms with Gasteiger partial charge in [-0.1, -0.05) is 0 Å². The third kappa shape index (κ3) is 3.68. The van der Waals surface area contributed by atoms with Gasteiger partial charge in [-0.3, -0.25) is 0 Å². The number of fused-ring (bicyclic) bond motifs is 1. The quantitative estimate of drug-likeness (QED) is 0.484. The van der Waals surface area contributed by atoms with E-state index in [0.717, 1.165) is 22.2 Å². The lowest BCUT2D eigenvalue weighted by atomic mass is 9.94. The second kappa shape index (κ2) is 7.78. The zero-order chi connectivity index (χ0) is 21.4. The van der Waals surface area contributed by atoms with E-state index in [1.807, 2.05) is 18.2 Å². The molecule has 0 bridgehead atoms. The molecule has 1 fully saturated rings. The Morgan fingerprint density at radius 2 is 1.77 bits per heavy atom. The lowest BCUT2D eigenvalue weighted by Crippen LogP contribution is -2.39. The van der Waals surface area contributed by atoms with Crippen LogP contribution in [0.3, 0.4) is 0 Å². The number of nitrogens with zero attached hydrogens (tertiary/aromatic N) is 7. The molecule has 31 heavy (non-hydrogen) atoms. The molecule has 0 aromatic carbocycles. The third-order valence-electron chi connectivity index (χ3n) is 5.68. The van der Waals surface area contributed by atoms with Crippen LogP contribution in [0.2, 0.25) is 0 Å². The highest BCUT2D eigenvalue weighted by Gasteiger charge is 2.32. The van der Waals surface area contributed by atoms with Crippen molar-refractivity contribution >= 4 is 21.1 Å². The smallest absolute Gasteiger partial charge is 0.276 e. The van der Waals surface area contributed by atoms with Gasteiger partial charge in [0.2, 0.25) is 5.16 Å². The van der Waals surface area contributed by atoms with Crippen LogP contribution in [-0.2, 0) is 17.1 Å². The molecule has 0 spiro atoms. The summed E-state index contributed by atoms with van der Waals surface area (Å²) in [7, 11) is -1.89. The van der Waals surface area contributed by atoms with Gasteiger partial charge >= 0.3 is 0 Å². The monoisotopic (exact) mass is 435 g/mol. The molecule has 0 unspecified atom stereocenters. The lowest BCUT2D eigenvalue weighted by molar-refractivity contribution is 0.314. The number of piperidine rings is 1. The molecular weight excluding hydrogens is 414 g/mol. The van der Waals surface area contributed by atoms with Crippen molar-refractivity contribution in [1.29, 1.82) is 0 Å². The van der Waals surface area contributed by atoms with Gasteiger partial charge in [-0.2, -0.15) is 4.31 Å². The first-order valence-electron chi connectivity index (χ1n) is 10.0. The molecule has 0 atom stereocenters. The number of rotatable bonds is 4. The van der Waals surface area contributed by atoms with Crippen molar-refractivity contribution < 1.29 is 8.42 Å². The van der Waals surface area contributed by atoms with Crippen LogP contribution in [0.25, 0.3) is 22.2 Å². The van der Waals surface area contributed by atoms with Crippen LogP contribution in [0.4, 0.5) is 0 Å². The Kier molecular flexibility index (Phi) is 4.95. The van der Waals surface area contributed by atoms with Crippen molar-refractivity contribution in [1.82, 2.24) is 33.8 Å². The second-order valence-electron chi connectivity index (χ2n) is 7.63. The first kappa shape index (κ1) is 19.7. The molecule has 9 nitrogen and oxygen atoms in total. The maximum Gasteiger partial charge on any atom is 0.276 e. The first-order chi connectivity index (χ1) is 15.0. The molecule has 0 aliphatic carbocycles. The molecule has 0 amide bonds. The lowest BCUT2D eigenvalue weighted by Gasteiger charge is -2.30. The molecule has 0 radical (unpaired) electrons. The molecule has 5 heterocycles. The van der Waals surface area contributed by atoms with Crippen molar-refractivity contribution in [3.63, 3.8) is 0 Å². The van der Waals surface area contributed by atoms with Gasteiger partial charge in [-0.15, -0.1) is 0 Å². The number of hydrogen-bond donors (Lipinski definition) is 0. The Labute approximate surface area is 179 Å². The zero-order valence-corrected chi connectivity index (χ0v) is 17.8. The summed E-state index contributed by atoms with van der Waals surface area (Å²) in [5.74, 6) is 0.196. The fourth-order valence-electron chi connectivity index (χ4n) is 3.97. The summed E-state index contributed by atoms with van der Waals surface area (Å²) in [5.41, 5.74) is 3.48. The van der Waals surface area contributed by atoms with Gasteiger partial charge in [0.1, 0.15) is 6.33 Å². The van der Waals surface area contributed by atoms with Gasteiger partial charge < -0.3 is 4.57 Å². The highest BCUT2D eigenvalue weighted by molar-refractivity contribution is 7.89. The first-order valence-corrected chi connectivity index (χ1v) is 11.5. The normalized spacial score (nSPS) is 16.0. The summed E-state index contributed by atoms with van der Waals surface area (Å²) < 4.78 is 28.7. The van der Waals surface area contributed by atoms with E-state index < -0.39 is 10.0 Å². The van der Waals surface area contributed by atoms with Crippen LogP contribution >= 0.6 is 0 Å². The summed E-state index contributed by atoms with van der Waals surface area (Å²) >= 11 is 0. The van der Waals surface area contributed by atoms with E-state index in [1.165, 1.54) is 21.4 Å². The molecule has 1 aliphatic heterocycles.